The number of hydrogen-bond acceptors (Lipinski definition) is 6. The highest BCUT2D eigenvalue weighted by Gasteiger charge is 2.35. The van der Waals surface area contributed by atoms with Gasteiger partial charge in [0, 0.05) is 10.9 Å². The quantitative estimate of drug-likeness (QED) is 0.225. The molecule has 4 aromatic carbocycles. The summed E-state index contributed by atoms with van der Waals surface area (Å²) in [4.78, 5) is 27.2. The van der Waals surface area contributed by atoms with Crippen LogP contribution in [0.2, 0.25) is 0 Å². The number of imide groups is 1. The van der Waals surface area contributed by atoms with E-state index in [9.17, 15) is 14.0 Å². The van der Waals surface area contributed by atoms with E-state index >= 15 is 0 Å². The molecule has 6 nitrogen and oxygen atoms in total. The lowest BCUT2D eigenvalue weighted by Crippen LogP contribution is -2.32. The molecule has 0 aromatic heterocycles. The summed E-state index contributed by atoms with van der Waals surface area (Å²) in [5.74, 6) is 0.873. The zero-order chi connectivity index (χ0) is 26.5. The van der Waals surface area contributed by atoms with Crippen molar-refractivity contribution in [3.63, 3.8) is 0 Å². The van der Waals surface area contributed by atoms with Gasteiger partial charge in [-0.2, -0.15) is 0 Å². The lowest BCUT2D eigenvalue weighted by atomic mass is 10.1. The Morgan fingerprint density at radius 3 is 2.42 bits per heavy atom. The first-order valence-corrected chi connectivity index (χ1v) is 12.8. The lowest BCUT2D eigenvalue weighted by Gasteiger charge is -2.15. The first-order valence-electron chi connectivity index (χ1n) is 11.9. The second-order valence-electron chi connectivity index (χ2n) is 8.45. The maximum Gasteiger partial charge on any atom is 0.293 e. The van der Waals surface area contributed by atoms with Gasteiger partial charge >= 0.3 is 0 Å². The molecule has 0 radical (unpaired) electrons. The van der Waals surface area contributed by atoms with Crippen molar-refractivity contribution in [2.24, 2.45) is 0 Å². The number of nitrogens with zero attached hydrogens (tertiary/aromatic N) is 1. The summed E-state index contributed by atoms with van der Waals surface area (Å²) in [5, 5.41) is 1.66. The number of thioether (sulfide) groups is 1. The molecule has 8 heteroatoms. The number of amides is 2. The molecule has 1 aliphatic heterocycles. The third-order valence-corrected chi connectivity index (χ3v) is 6.92. The summed E-state index contributed by atoms with van der Waals surface area (Å²) < 4.78 is 30.6. The molecule has 0 unspecified atom stereocenters. The minimum Gasteiger partial charge on any atom is -0.493 e. The first-order chi connectivity index (χ1) is 18.5. The average Bonchev–Trinajstić information content (AvgIpc) is 3.20. The van der Waals surface area contributed by atoms with Gasteiger partial charge in [0.1, 0.15) is 24.8 Å². The van der Waals surface area contributed by atoms with E-state index in [0.29, 0.717) is 22.8 Å². The SMILES string of the molecule is COc1cccc(/C=C2\SC(=O)N(CCOc3cccc4ccccc34)C2=O)c1OCc1ccc(F)cc1. The summed E-state index contributed by atoms with van der Waals surface area (Å²) in [6.45, 7) is 0.469. The zero-order valence-electron chi connectivity index (χ0n) is 20.6. The molecule has 0 N–H and O–H groups in total. The van der Waals surface area contributed by atoms with Gasteiger partial charge in [0.25, 0.3) is 11.1 Å². The van der Waals surface area contributed by atoms with Gasteiger partial charge in [-0.25, -0.2) is 4.39 Å². The smallest absolute Gasteiger partial charge is 0.293 e. The van der Waals surface area contributed by atoms with Crippen molar-refractivity contribution < 1.29 is 28.2 Å². The fourth-order valence-corrected chi connectivity index (χ4v) is 4.96. The Hall–Kier alpha value is -4.30. The van der Waals surface area contributed by atoms with E-state index in [0.717, 1.165) is 28.1 Å². The minimum atomic E-state index is -0.395. The van der Waals surface area contributed by atoms with Crippen LogP contribution in [0.25, 0.3) is 16.8 Å². The van der Waals surface area contributed by atoms with Crippen LogP contribution >= 0.6 is 11.8 Å². The molecule has 1 saturated heterocycles. The number of ether oxygens (including phenoxy) is 3. The topological polar surface area (TPSA) is 65.1 Å². The van der Waals surface area contributed by atoms with Gasteiger partial charge in [0.15, 0.2) is 11.5 Å². The van der Waals surface area contributed by atoms with Crippen LogP contribution in [0.3, 0.4) is 0 Å². The summed E-state index contributed by atoms with van der Waals surface area (Å²) in [6.07, 6.45) is 1.62. The summed E-state index contributed by atoms with van der Waals surface area (Å²) in [5.41, 5.74) is 1.36. The van der Waals surface area contributed by atoms with Gasteiger partial charge in [-0.1, -0.05) is 60.7 Å². The predicted octanol–water partition coefficient (Wildman–Crippen LogP) is 6.68. The van der Waals surface area contributed by atoms with Crippen molar-refractivity contribution in [2.45, 2.75) is 6.61 Å². The number of halogens is 1. The maximum absolute atomic E-state index is 13.2. The van der Waals surface area contributed by atoms with E-state index in [1.54, 1.807) is 36.4 Å². The molecule has 0 saturated carbocycles. The van der Waals surface area contributed by atoms with E-state index in [1.165, 1.54) is 24.1 Å². The van der Waals surface area contributed by atoms with Gasteiger partial charge in [-0.15, -0.1) is 0 Å². The third-order valence-electron chi connectivity index (χ3n) is 6.01. The molecule has 0 spiro atoms. The molecule has 0 bridgehead atoms. The fraction of sp³-hybridized carbons (Fsp3) is 0.133. The molecule has 2 amide bonds. The molecular formula is C30H24FNO5S. The number of para-hydroxylation sites is 1. The van der Waals surface area contributed by atoms with Crippen LogP contribution in [-0.4, -0.2) is 36.3 Å². The Morgan fingerprint density at radius 2 is 1.61 bits per heavy atom. The van der Waals surface area contributed by atoms with Gasteiger partial charge < -0.3 is 14.2 Å². The van der Waals surface area contributed by atoms with Crippen molar-refractivity contribution in [1.29, 1.82) is 0 Å². The fourth-order valence-electron chi connectivity index (χ4n) is 4.10. The normalized spacial score (nSPS) is 14.4. The van der Waals surface area contributed by atoms with Crippen LogP contribution < -0.4 is 14.2 Å². The van der Waals surface area contributed by atoms with Gasteiger partial charge in [-0.05, 0) is 53.1 Å². The number of carbonyl (C=O) groups is 2. The molecule has 0 atom stereocenters. The highest BCUT2D eigenvalue weighted by Crippen LogP contribution is 2.38. The Balaban J connectivity index is 1.29. The lowest BCUT2D eigenvalue weighted by molar-refractivity contribution is -0.123. The second-order valence-corrected chi connectivity index (χ2v) is 9.45. The van der Waals surface area contributed by atoms with Gasteiger partial charge in [-0.3, -0.25) is 14.5 Å². The first kappa shape index (κ1) is 25.4. The molecule has 192 valence electrons. The summed E-state index contributed by atoms with van der Waals surface area (Å²) >= 11 is 0.869. The van der Waals surface area contributed by atoms with Crippen LogP contribution in [0.5, 0.6) is 17.2 Å². The zero-order valence-corrected chi connectivity index (χ0v) is 21.4. The van der Waals surface area contributed by atoms with Crippen molar-refractivity contribution >= 4 is 39.8 Å². The third kappa shape index (κ3) is 5.50. The molecule has 1 aliphatic rings. The molecule has 5 rings (SSSR count). The largest absolute Gasteiger partial charge is 0.493 e. The molecular weight excluding hydrogens is 505 g/mol. The molecule has 1 fully saturated rings. The standard InChI is InChI=1S/C30H24FNO5S/c1-35-26-11-5-8-22(28(26)37-19-20-12-14-23(31)15-13-20)18-27-29(33)32(30(34)38-27)16-17-36-25-10-4-7-21-6-2-3-9-24(21)25/h2-15,18H,16-17,19H2,1H3/b27-18-. The highest BCUT2D eigenvalue weighted by atomic mass is 32.2. The van der Waals surface area contributed by atoms with Crippen LogP contribution in [0.4, 0.5) is 9.18 Å². The Labute approximate surface area is 223 Å². The Bertz CT molecular complexity index is 1510. The average molecular weight is 530 g/mol. The minimum absolute atomic E-state index is 0.122. The van der Waals surface area contributed by atoms with Gasteiger partial charge in [0.05, 0.1) is 18.6 Å². The summed E-state index contributed by atoms with van der Waals surface area (Å²) in [7, 11) is 1.52. The Kier molecular flexibility index (Phi) is 7.60. The van der Waals surface area contributed by atoms with Crippen LogP contribution in [0.1, 0.15) is 11.1 Å². The number of benzene rings is 4. The monoisotopic (exact) mass is 529 g/mol. The maximum atomic E-state index is 13.2. The van der Waals surface area contributed by atoms with Crippen molar-refractivity contribution in [1.82, 2.24) is 4.90 Å². The number of carbonyl (C=O) groups excluding carboxylic acids is 2. The molecule has 0 aliphatic carbocycles. The highest BCUT2D eigenvalue weighted by molar-refractivity contribution is 8.18. The second kappa shape index (κ2) is 11.4. The van der Waals surface area contributed by atoms with E-state index in [-0.39, 0.29) is 35.7 Å². The number of rotatable bonds is 9. The van der Waals surface area contributed by atoms with Crippen molar-refractivity contribution in [2.75, 3.05) is 20.3 Å². The van der Waals surface area contributed by atoms with E-state index in [2.05, 4.69) is 0 Å². The van der Waals surface area contributed by atoms with Crippen LogP contribution in [0.15, 0.2) is 89.8 Å². The number of hydrogen-bond donors (Lipinski definition) is 0. The Morgan fingerprint density at radius 1 is 0.868 bits per heavy atom. The van der Waals surface area contributed by atoms with Crippen LogP contribution in [-0.2, 0) is 11.4 Å². The van der Waals surface area contributed by atoms with E-state index < -0.39 is 5.91 Å². The summed E-state index contributed by atoms with van der Waals surface area (Å²) in [6, 6.07) is 24.9. The van der Waals surface area contributed by atoms with Crippen LogP contribution in [0, 0.1) is 5.82 Å². The number of fused-ring (bicyclic) bond motifs is 1. The van der Waals surface area contributed by atoms with E-state index in [4.69, 9.17) is 14.2 Å². The molecule has 4 aromatic rings. The number of methoxy groups -OCH3 is 1. The van der Waals surface area contributed by atoms with Crippen molar-refractivity contribution in [3.8, 4) is 17.2 Å². The van der Waals surface area contributed by atoms with Gasteiger partial charge in [0.2, 0.25) is 0 Å². The molecule has 1 heterocycles. The molecule has 38 heavy (non-hydrogen) atoms. The van der Waals surface area contributed by atoms with E-state index in [1.807, 2.05) is 42.5 Å². The predicted molar refractivity (Wildman–Crippen MR) is 146 cm³/mol. The van der Waals surface area contributed by atoms with Crippen molar-refractivity contribution in [3.05, 3.63) is 107 Å².